The molecule has 0 heterocycles. The van der Waals surface area contributed by atoms with E-state index in [2.05, 4.69) is 0 Å². The number of benzene rings is 1. The Bertz CT molecular complexity index is 324. The fourth-order valence-corrected chi connectivity index (χ4v) is 1.46. The minimum Gasteiger partial charge on any atom is -0.481 e. The van der Waals surface area contributed by atoms with E-state index in [1.807, 2.05) is 30.3 Å². The first-order chi connectivity index (χ1) is 8.79. The van der Waals surface area contributed by atoms with Crippen LogP contribution in [0.3, 0.4) is 0 Å². The van der Waals surface area contributed by atoms with Crippen LogP contribution in [0, 0.1) is 0 Å². The van der Waals surface area contributed by atoms with Crippen LogP contribution in [0.5, 0.6) is 0 Å². The zero-order valence-corrected chi connectivity index (χ0v) is 10.5. The molecule has 0 aliphatic heterocycles. The maximum absolute atomic E-state index is 10.2. The lowest BCUT2D eigenvalue weighted by Crippen LogP contribution is -2.05. The number of carboxylic acid groups (broad SMARTS) is 1. The van der Waals surface area contributed by atoms with Gasteiger partial charge in [0.2, 0.25) is 0 Å². The summed E-state index contributed by atoms with van der Waals surface area (Å²) in [4.78, 5) is 10.2. The number of ether oxygens (including phenoxy) is 2. The van der Waals surface area contributed by atoms with Crippen molar-refractivity contribution in [2.24, 2.45) is 0 Å². The minimum absolute atomic E-state index is 0.216. The Labute approximate surface area is 108 Å². The van der Waals surface area contributed by atoms with E-state index in [1.54, 1.807) is 0 Å². The van der Waals surface area contributed by atoms with Crippen molar-refractivity contribution in [1.29, 1.82) is 0 Å². The second-order valence-corrected chi connectivity index (χ2v) is 4.00. The standard InChI is InChI=1S/C14H20O4/c15-14(16)8-4-5-9-17-10-11-18-12-13-6-2-1-3-7-13/h1-3,6-7H,4-5,8-12H2,(H,15,16). The number of carbonyl (C=O) groups is 1. The van der Waals surface area contributed by atoms with Gasteiger partial charge in [-0.2, -0.15) is 0 Å². The van der Waals surface area contributed by atoms with Crippen LogP contribution in [0.4, 0.5) is 0 Å². The number of aliphatic carboxylic acids is 1. The van der Waals surface area contributed by atoms with E-state index in [9.17, 15) is 4.79 Å². The van der Waals surface area contributed by atoms with Crippen LogP contribution in [-0.4, -0.2) is 30.9 Å². The molecule has 1 aromatic rings. The average Bonchev–Trinajstić information content (AvgIpc) is 2.37. The number of hydrogen-bond acceptors (Lipinski definition) is 3. The molecule has 0 radical (unpaired) electrons. The fraction of sp³-hybridized carbons (Fsp3) is 0.500. The van der Waals surface area contributed by atoms with E-state index < -0.39 is 5.97 Å². The highest BCUT2D eigenvalue weighted by Crippen LogP contribution is 2.00. The summed E-state index contributed by atoms with van der Waals surface area (Å²) in [6, 6.07) is 9.98. The molecule has 0 aliphatic carbocycles. The molecule has 0 aromatic heterocycles. The smallest absolute Gasteiger partial charge is 0.303 e. The van der Waals surface area contributed by atoms with Crippen molar-refractivity contribution in [2.45, 2.75) is 25.9 Å². The van der Waals surface area contributed by atoms with Gasteiger partial charge in [0.25, 0.3) is 0 Å². The molecule has 0 atom stereocenters. The molecule has 0 unspecified atom stereocenters. The molecule has 0 amide bonds. The molecule has 0 saturated carbocycles. The SMILES string of the molecule is O=C(O)CCCCOCCOCc1ccccc1. The Morgan fingerprint density at radius 3 is 2.44 bits per heavy atom. The minimum atomic E-state index is -0.749. The lowest BCUT2D eigenvalue weighted by Gasteiger charge is -2.05. The maximum atomic E-state index is 10.2. The summed E-state index contributed by atoms with van der Waals surface area (Å²) in [6.45, 7) is 2.32. The number of carboxylic acids is 1. The summed E-state index contributed by atoms with van der Waals surface area (Å²) >= 11 is 0. The van der Waals surface area contributed by atoms with Crippen molar-refractivity contribution in [1.82, 2.24) is 0 Å². The third-order valence-corrected chi connectivity index (χ3v) is 2.41. The first-order valence-corrected chi connectivity index (χ1v) is 6.20. The maximum Gasteiger partial charge on any atom is 0.303 e. The highest BCUT2D eigenvalue weighted by atomic mass is 16.5. The molecule has 18 heavy (non-hydrogen) atoms. The Balaban J connectivity index is 1.86. The zero-order chi connectivity index (χ0) is 13.1. The van der Waals surface area contributed by atoms with Crippen molar-refractivity contribution in [3.05, 3.63) is 35.9 Å². The zero-order valence-electron chi connectivity index (χ0n) is 10.5. The molecule has 1 aromatic carbocycles. The summed E-state index contributed by atoms with van der Waals surface area (Å²) < 4.78 is 10.8. The molecule has 0 aliphatic rings. The van der Waals surface area contributed by atoms with Crippen molar-refractivity contribution in [2.75, 3.05) is 19.8 Å². The number of hydrogen-bond donors (Lipinski definition) is 1. The number of rotatable bonds is 10. The van der Waals surface area contributed by atoms with Crippen molar-refractivity contribution < 1.29 is 19.4 Å². The fourth-order valence-electron chi connectivity index (χ4n) is 1.46. The normalized spacial score (nSPS) is 10.4. The summed E-state index contributed by atoms with van der Waals surface area (Å²) in [6.07, 6.45) is 1.67. The molecule has 1 N–H and O–H groups in total. The van der Waals surface area contributed by atoms with E-state index >= 15 is 0 Å². The molecular formula is C14H20O4. The topological polar surface area (TPSA) is 55.8 Å². The predicted octanol–water partition coefficient (Wildman–Crippen LogP) is 2.47. The molecule has 4 nitrogen and oxygen atoms in total. The van der Waals surface area contributed by atoms with Gasteiger partial charge in [0.15, 0.2) is 0 Å². The van der Waals surface area contributed by atoms with Gasteiger partial charge >= 0.3 is 5.97 Å². The van der Waals surface area contributed by atoms with Crippen molar-refractivity contribution in [3.8, 4) is 0 Å². The molecule has 100 valence electrons. The lowest BCUT2D eigenvalue weighted by atomic mass is 10.2. The van der Waals surface area contributed by atoms with Crippen molar-refractivity contribution in [3.63, 3.8) is 0 Å². The van der Waals surface area contributed by atoms with Gasteiger partial charge < -0.3 is 14.6 Å². The second kappa shape index (κ2) is 9.62. The largest absolute Gasteiger partial charge is 0.481 e. The lowest BCUT2D eigenvalue weighted by molar-refractivity contribution is -0.137. The Morgan fingerprint density at radius 2 is 1.72 bits per heavy atom. The highest BCUT2D eigenvalue weighted by Gasteiger charge is 1.96. The van der Waals surface area contributed by atoms with E-state index in [4.69, 9.17) is 14.6 Å². The molecule has 0 fully saturated rings. The highest BCUT2D eigenvalue weighted by molar-refractivity contribution is 5.66. The van der Waals surface area contributed by atoms with Crippen molar-refractivity contribution >= 4 is 5.97 Å². The van der Waals surface area contributed by atoms with Crippen LogP contribution < -0.4 is 0 Å². The summed E-state index contributed by atoms with van der Waals surface area (Å²) in [7, 11) is 0. The second-order valence-electron chi connectivity index (χ2n) is 4.00. The van der Waals surface area contributed by atoms with Gasteiger partial charge in [-0.15, -0.1) is 0 Å². The first-order valence-electron chi connectivity index (χ1n) is 6.20. The number of unbranched alkanes of at least 4 members (excludes halogenated alkanes) is 1. The van der Waals surface area contributed by atoms with E-state index in [1.165, 1.54) is 0 Å². The third-order valence-electron chi connectivity index (χ3n) is 2.41. The Hall–Kier alpha value is -1.39. The van der Waals surface area contributed by atoms with Gasteiger partial charge in [0, 0.05) is 13.0 Å². The molecule has 1 rings (SSSR count). The van der Waals surface area contributed by atoms with Gasteiger partial charge in [0.1, 0.15) is 0 Å². The van der Waals surface area contributed by atoms with E-state index in [-0.39, 0.29) is 6.42 Å². The predicted molar refractivity (Wildman–Crippen MR) is 68.4 cm³/mol. The molecule has 4 heteroatoms. The van der Waals surface area contributed by atoms with Crippen LogP contribution in [0.25, 0.3) is 0 Å². The van der Waals surface area contributed by atoms with Crippen LogP contribution >= 0.6 is 0 Å². The average molecular weight is 252 g/mol. The summed E-state index contributed by atoms with van der Waals surface area (Å²) in [5, 5.41) is 8.43. The quantitative estimate of drug-likeness (QED) is 0.650. The van der Waals surface area contributed by atoms with Gasteiger partial charge in [-0.05, 0) is 18.4 Å². The molecule has 0 saturated heterocycles. The summed E-state index contributed by atoms with van der Waals surface area (Å²) in [5.41, 5.74) is 1.15. The monoisotopic (exact) mass is 252 g/mol. The Kier molecular flexibility index (Phi) is 7.84. The van der Waals surface area contributed by atoms with Crippen LogP contribution in [0.15, 0.2) is 30.3 Å². The van der Waals surface area contributed by atoms with E-state index in [0.29, 0.717) is 32.8 Å². The Morgan fingerprint density at radius 1 is 1.00 bits per heavy atom. The van der Waals surface area contributed by atoms with Crippen LogP contribution in [-0.2, 0) is 20.9 Å². The third kappa shape index (κ3) is 7.81. The van der Waals surface area contributed by atoms with Crippen LogP contribution in [0.2, 0.25) is 0 Å². The van der Waals surface area contributed by atoms with Gasteiger partial charge in [-0.25, -0.2) is 0 Å². The summed E-state index contributed by atoms with van der Waals surface area (Å²) in [5.74, 6) is -0.749. The van der Waals surface area contributed by atoms with E-state index in [0.717, 1.165) is 12.0 Å². The first kappa shape index (κ1) is 14.7. The molecule has 0 spiro atoms. The van der Waals surface area contributed by atoms with Gasteiger partial charge in [0.05, 0.1) is 19.8 Å². The molecule has 0 bridgehead atoms. The van der Waals surface area contributed by atoms with Crippen LogP contribution in [0.1, 0.15) is 24.8 Å². The van der Waals surface area contributed by atoms with Gasteiger partial charge in [-0.3, -0.25) is 4.79 Å². The molecular weight excluding hydrogens is 232 g/mol. The van der Waals surface area contributed by atoms with Gasteiger partial charge in [-0.1, -0.05) is 30.3 Å².